The van der Waals surface area contributed by atoms with E-state index in [-0.39, 0.29) is 23.5 Å². The van der Waals surface area contributed by atoms with Crippen molar-refractivity contribution in [2.75, 3.05) is 11.9 Å². The van der Waals surface area contributed by atoms with Crippen molar-refractivity contribution in [1.29, 1.82) is 0 Å². The van der Waals surface area contributed by atoms with Crippen LogP contribution in [-0.2, 0) is 14.8 Å². The highest BCUT2D eigenvalue weighted by Crippen LogP contribution is 2.23. The smallest absolute Gasteiger partial charge is 0.262 e. The summed E-state index contributed by atoms with van der Waals surface area (Å²) < 4.78 is 34.3. The topological polar surface area (TPSA) is 84.5 Å². The molecule has 0 unspecified atom stereocenters. The Bertz CT molecular complexity index is 955. The van der Waals surface area contributed by atoms with Gasteiger partial charge in [-0.05, 0) is 67.8 Å². The second-order valence-electron chi connectivity index (χ2n) is 7.23. The van der Waals surface area contributed by atoms with Gasteiger partial charge in [0.15, 0.2) is 6.61 Å². The standard InChI is InChI=1S/C21H25BrN2O4S/c1-15-13-16(22)7-12-20(15)28-14-21(25)23-17-8-10-19(11-9-17)29(26,27)24-18-5-3-2-4-6-18/h7-13,18,24H,2-6,14H2,1H3,(H,23,25). The molecule has 0 aromatic heterocycles. The molecule has 29 heavy (non-hydrogen) atoms. The number of benzene rings is 2. The molecule has 156 valence electrons. The summed E-state index contributed by atoms with van der Waals surface area (Å²) >= 11 is 3.39. The molecule has 2 N–H and O–H groups in total. The fraction of sp³-hybridized carbons (Fsp3) is 0.381. The van der Waals surface area contributed by atoms with Crippen molar-refractivity contribution >= 4 is 37.5 Å². The Labute approximate surface area is 180 Å². The molecule has 0 heterocycles. The number of hydrogen-bond acceptors (Lipinski definition) is 4. The van der Waals surface area contributed by atoms with Gasteiger partial charge in [-0.25, -0.2) is 13.1 Å². The lowest BCUT2D eigenvalue weighted by atomic mass is 9.96. The lowest BCUT2D eigenvalue weighted by molar-refractivity contribution is -0.118. The predicted molar refractivity (Wildman–Crippen MR) is 117 cm³/mol. The summed E-state index contributed by atoms with van der Waals surface area (Å²) in [6, 6.07) is 11.7. The van der Waals surface area contributed by atoms with Crippen molar-refractivity contribution in [2.45, 2.75) is 50.0 Å². The number of nitrogens with one attached hydrogen (secondary N) is 2. The van der Waals surface area contributed by atoms with E-state index in [1.165, 1.54) is 12.1 Å². The second kappa shape index (κ2) is 9.73. The van der Waals surface area contributed by atoms with Crippen LogP contribution in [-0.4, -0.2) is 27.0 Å². The number of sulfonamides is 1. The monoisotopic (exact) mass is 480 g/mol. The Balaban J connectivity index is 1.54. The quantitative estimate of drug-likeness (QED) is 0.615. The Morgan fingerprint density at radius 1 is 1.10 bits per heavy atom. The van der Waals surface area contributed by atoms with E-state index >= 15 is 0 Å². The summed E-state index contributed by atoms with van der Waals surface area (Å²) in [5.74, 6) is 0.321. The summed E-state index contributed by atoms with van der Waals surface area (Å²) in [6.07, 6.45) is 5.04. The minimum absolute atomic E-state index is 0.00680. The molecule has 0 radical (unpaired) electrons. The summed E-state index contributed by atoms with van der Waals surface area (Å²) in [7, 11) is -3.55. The van der Waals surface area contributed by atoms with E-state index in [0.717, 1.165) is 42.1 Å². The van der Waals surface area contributed by atoms with Crippen molar-refractivity contribution in [3.8, 4) is 5.75 Å². The molecule has 3 rings (SSSR count). The first-order chi connectivity index (χ1) is 13.8. The molecule has 8 heteroatoms. The van der Waals surface area contributed by atoms with Crippen molar-refractivity contribution in [1.82, 2.24) is 4.72 Å². The highest BCUT2D eigenvalue weighted by Gasteiger charge is 2.21. The van der Waals surface area contributed by atoms with E-state index in [1.54, 1.807) is 18.2 Å². The molecule has 0 saturated heterocycles. The van der Waals surface area contributed by atoms with Crippen LogP contribution >= 0.6 is 15.9 Å². The zero-order valence-electron chi connectivity index (χ0n) is 16.3. The van der Waals surface area contributed by atoms with Gasteiger partial charge in [0.1, 0.15) is 5.75 Å². The number of halogens is 1. The molecule has 0 spiro atoms. The van der Waals surface area contributed by atoms with E-state index in [1.807, 2.05) is 19.1 Å². The lowest BCUT2D eigenvalue weighted by Crippen LogP contribution is -2.36. The maximum atomic E-state index is 12.5. The van der Waals surface area contributed by atoms with Crippen LogP contribution in [0.25, 0.3) is 0 Å². The van der Waals surface area contributed by atoms with E-state index in [2.05, 4.69) is 26.0 Å². The number of carbonyl (C=O) groups is 1. The number of aryl methyl sites for hydroxylation is 1. The number of anilines is 1. The van der Waals surface area contributed by atoms with Crippen molar-refractivity contribution < 1.29 is 17.9 Å². The number of ether oxygens (including phenoxy) is 1. The molecule has 1 aliphatic rings. The van der Waals surface area contributed by atoms with E-state index in [4.69, 9.17) is 4.74 Å². The van der Waals surface area contributed by atoms with Gasteiger partial charge in [0.05, 0.1) is 4.90 Å². The normalized spacial score (nSPS) is 15.1. The first kappa shape index (κ1) is 21.8. The van der Waals surface area contributed by atoms with Crippen LogP contribution in [0.2, 0.25) is 0 Å². The van der Waals surface area contributed by atoms with Crippen LogP contribution < -0.4 is 14.8 Å². The molecule has 0 aliphatic heterocycles. The molecule has 2 aromatic carbocycles. The molecule has 6 nitrogen and oxygen atoms in total. The van der Waals surface area contributed by atoms with Crippen molar-refractivity contribution in [3.05, 3.63) is 52.5 Å². The van der Waals surface area contributed by atoms with Gasteiger partial charge < -0.3 is 10.1 Å². The molecule has 1 aliphatic carbocycles. The van der Waals surface area contributed by atoms with Gasteiger partial charge in [-0.15, -0.1) is 0 Å². The number of hydrogen-bond donors (Lipinski definition) is 2. The van der Waals surface area contributed by atoms with Gasteiger partial charge in [0.2, 0.25) is 10.0 Å². The van der Waals surface area contributed by atoms with Gasteiger partial charge in [-0.3, -0.25) is 4.79 Å². The minimum Gasteiger partial charge on any atom is -0.483 e. The molecule has 0 bridgehead atoms. The third-order valence-electron chi connectivity index (χ3n) is 4.87. The van der Waals surface area contributed by atoms with Crippen LogP contribution in [0.15, 0.2) is 51.8 Å². The number of rotatable bonds is 7. The van der Waals surface area contributed by atoms with Crippen LogP contribution in [0.5, 0.6) is 5.75 Å². The second-order valence-corrected chi connectivity index (χ2v) is 9.86. The summed E-state index contributed by atoms with van der Waals surface area (Å²) in [5, 5.41) is 2.71. The third-order valence-corrected chi connectivity index (χ3v) is 6.90. The molecule has 1 fully saturated rings. The number of carbonyl (C=O) groups excluding carboxylic acids is 1. The molecule has 0 atom stereocenters. The fourth-order valence-corrected chi connectivity index (χ4v) is 5.12. The predicted octanol–water partition coefficient (Wildman–Crippen LogP) is 4.39. The molecular formula is C21H25BrN2O4S. The maximum absolute atomic E-state index is 12.5. The van der Waals surface area contributed by atoms with Gasteiger partial charge in [-0.1, -0.05) is 35.2 Å². The highest BCUT2D eigenvalue weighted by molar-refractivity contribution is 9.10. The third kappa shape index (κ3) is 6.29. The summed E-state index contributed by atoms with van der Waals surface area (Å²) in [6.45, 7) is 1.77. The Hall–Kier alpha value is -1.90. The zero-order chi connectivity index (χ0) is 20.9. The number of amides is 1. The first-order valence-electron chi connectivity index (χ1n) is 9.65. The van der Waals surface area contributed by atoms with Crippen LogP contribution in [0.4, 0.5) is 5.69 Å². The molecule has 2 aromatic rings. The average molecular weight is 481 g/mol. The fourth-order valence-electron chi connectivity index (χ4n) is 3.34. The van der Waals surface area contributed by atoms with Crippen molar-refractivity contribution in [3.63, 3.8) is 0 Å². The first-order valence-corrected chi connectivity index (χ1v) is 11.9. The lowest BCUT2D eigenvalue weighted by Gasteiger charge is -2.22. The SMILES string of the molecule is Cc1cc(Br)ccc1OCC(=O)Nc1ccc(S(=O)(=O)NC2CCCCC2)cc1. The Morgan fingerprint density at radius 2 is 1.79 bits per heavy atom. The Kier molecular flexibility index (Phi) is 7.32. The minimum atomic E-state index is -3.55. The Morgan fingerprint density at radius 3 is 2.45 bits per heavy atom. The largest absolute Gasteiger partial charge is 0.483 e. The van der Waals surface area contributed by atoms with Crippen LogP contribution in [0.1, 0.15) is 37.7 Å². The zero-order valence-corrected chi connectivity index (χ0v) is 18.7. The van der Waals surface area contributed by atoms with E-state index in [9.17, 15) is 13.2 Å². The van der Waals surface area contributed by atoms with Gasteiger partial charge in [0.25, 0.3) is 5.91 Å². The van der Waals surface area contributed by atoms with Gasteiger partial charge in [-0.2, -0.15) is 0 Å². The molecule has 1 saturated carbocycles. The van der Waals surface area contributed by atoms with Gasteiger partial charge >= 0.3 is 0 Å². The average Bonchev–Trinajstić information content (AvgIpc) is 2.68. The molecule has 1 amide bonds. The highest BCUT2D eigenvalue weighted by atomic mass is 79.9. The van der Waals surface area contributed by atoms with E-state index < -0.39 is 10.0 Å². The summed E-state index contributed by atoms with van der Waals surface area (Å²) in [5.41, 5.74) is 1.44. The van der Waals surface area contributed by atoms with E-state index in [0.29, 0.717) is 11.4 Å². The van der Waals surface area contributed by atoms with Crippen LogP contribution in [0, 0.1) is 6.92 Å². The molecular weight excluding hydrogens is 456 g/mol. The van der Waals surface area contributed by atoms with Gasteiger partial charge in [0, 0.05) is 16.2 Å². The van der Waals surface area contributed by atoms with Crippen molar-refractivity contribution in [2.24, 2.45) is 0 Å². The van der Waals surface area contributed by atoms with Crippen LogP contribution in [0.3, 0.4) is 0 Å². The summed E-state index contributed by atoms with van der Waals surface area (Å²) in [4.78, 5) is 12.3. The maximum Gasteiger partial charge on any atom is 0.262 e.